The summed E-state index contributed by atoms with van der Waals surface area (Å²) in [5.41, 5.74) is -0.0677. The first kappa shape index (κ1) is 7.53. The normalized spacial score (nSPS) is 9.45. The summed E-state index contributed by atoms with van der Waals surface area (Å²) in [6.45, 7) is 3.45. The Morgan fingerprint density at radius 1 is 1.73 bits per heavy atom. The van der Waals surface area contributed by atoms with E-state index in [9.17, 15) is 4.79 Å². The molecule has 1 heterocycles. The van der Waals surface area contributed by atoms with Gasteiger partial charge in [-0.15, -0.1) is 6.58 Å². The maximum absolute atomic E-state index is 10.1. The van der Waals surface area contributed by atoms with E-state index in [0.29, 0.717) is 18.6 Å². The third kappa shape index (κ3) is 1.46. The molecule has 0 fully saturated rings. The Bertz CT molecular complexity index is 277. The maximum atomic E-state index is 10.1. The summed E-state index contributed by atoms with van der Waals surface area (Å²) in [5.74, 6) is -0.142. The highest BCUT2D eigenvalue weighted by Gasteiger charge is 2.08. The van der Waals surface area contributed by atoms with Crippen molar-refractivity contribution in [1.82, 2.24) is 4.98 Å². The van der Waals surface area contributed by atoms with Gasteiger partial charge in [-0.25, -0.2) is 4.98 Å². The van der Waals surface area contributed by atoms with E-state index < -0.39 is 5.95 Å². The fourth-order valence-electron chi connectivity index (χ4n) is 0.656. The van der Waals surface area contributed by atoms with Gasteiger partial charge in [0.25, 0.3) is 0 Å². The molecule has 1 aromatic heterocycles. The van der Waals surface area contributed by atoms with Gasteiger partial charge in [-0.3, -0.25) is 4.79 Å². The van der Waals surface area contributed by atoms with Crippen molar-refractivity contribution in [2.45, 2.75) is 6.42 Å². The van der Waals surface area contributed by atoms with E-state index in [4.69, 9.17) is 5.11 Å². The second kappa shape index (κ2) is 3.01. The van der Waals surface area contributed by atoms with Gasteiger partial charge >= 0.3 is 5.95 Å². The van der Waals surface area contributed by atoms with Crippen molar-refractivity contribution in [3.63, 3.8) is 0 Å². The number of rotatable bonds is 3. The van der Waals surface area contributed by atoms with Crippen LogP contribution in [0.2, 0.25) is 0 Å². The second-order valence-corrected chi connectivity index (χ2v) is 1.91. The monoisotopic (exact) mass is 153 g/mol. The molecule has 0 aliphatic heterocycles. The van der Waals surface area contributed by atoms with Gasteiger partial charge in [0.1, 0.15) is 0 Å². The lowest BCUT2D eigenvalue weighted by molar-refractivity contribution is 0.111. The number of aldehydes is 1. The van der Waals surface area contributed by atoms with Gasteiger partial charge in [0, 0.05) is 6.42 Å². The number of nitrogens with zero attached hydrogens (tertiary/aromatic N) is 1. The average Bonchev–Trinajstić information content (AvgIpc) is 2.32. The predicted molar refractivity (Wildman–Crippen MR) is 37.5 cm³/mol. The molecule has 0 saturated carbocycles. The van der Waals surface area contributed by atoms with Crippen molar-refractivity contribution in [3.8, 4) is 5.95 Å². The third-order valence-corrected chi connectivity index (χ3v) is 1.11. The molecule has 0 bridgehead atoms. The number of aromatic hydroxyl groups is 1. The summed E-state index contributed by atoms with van der Waals surface area (Å²) < 4.78 is 4.69. The quantitative estimate of drug-likeness (QED) is 0.518. The van der Waals surface area contributed by atoms with Crippen LogP contribution in [-0.2, 0) is 6.42 Å². The SMILES string of the molecule is C=CCc1nc(C=O)c(O)o1. The lowest BCUT2D eigenvalue weighted by atomic mass is 10.4. The number of allylic oxidation sites excluding steroid dienone is 1. The molecule has 1 rings (SSSR count). The van der Waals surface area contributed by atoms with E-state index in [0.717, 1.165) is 0 Å². The topological polar surface area (TPSA) is 63.3 Å². The van der Waals surface area contributed by atoms with E-state index >= 15 is 0 Å². The maximum Gasteiger partial charge on any atom is 0.313 e. The average molecular weight is 153 g/mol. The molecule has 0 aromatic carbocycles. The summed E-state index contributed by atoms with van der Waals surface area (Å²) in [5, 5.41) is 8.86. The fourth-order valence-corrected chi connectivity index (χ4v) is 0.656. The molecule has 0 spiro atoms. The lowest BCUT2D eigenvalue weighted by Gasteiger charge is -1.81. The lowest BCUT2D eigenvalue weighted by Crippen LogP contribution is -1.82. The van der Waals surface area contributed by atoms with Crippen molar-refractivity contribution in [2.75, 3.05) is 0 Å². The van der Waals surface area contributed by atoms with Crippen LogP contribution in [0.15, 0.2) is 17.1 Å². The van der Waals surface area contributed by atoms with Crippen LogP contribution in [-0.4, -0.2) is 16.4 Å². The third-order valence-electron chi connectivity index (χ3n) is 1.11. The first-order valence-corrected chi connectivity index (χ1v) is 3.02. The molecule has 0 radical (unpaired) electrons. The minimum absolute atomic E-state index is 0.0677. The molecule has 1 N–H and O–H groups in total. The molecule has 1 aromatic rings. The van der Waals surface area contributed by atoms with E-state index in [2.05, 4.69) is 16.0 Å². The van der Waals surface area contributed by atoms with Crippen LogP contribution in [0.4, 0.5) is 0 Å². The van der Waals surface area contributed by atoms with Crippen molar-refractivity contribution >= 4 is 6.29 Å². The van der Waals surface area contributed by atoms with Gasteiger partial charge < -0.3 is 9.52 Å². The molecule has 4 heteroatoms. The van der Waals surface area contributed by atoms with Crippen LogP contribution in [0, 0.1) is 0 Å². The van der Waals surface area contributed by atoms with Gasteiger partial charge in [-0.1, -0.05) is 6.08 Å². The Kier molecular flexibility index (Phi) is 2.06. The molecule has 4 nitrogen and oxygen atoms in total. The largest absolute Gasteiger partial charge is 0.479 e. The summed E-state index contributed by atoms with van der Waals surface area (Å²) in [7, 11) is 0. The van der Waals surface area contributed by atoms with Crippen molar-refractivity contribution in [2.24, 2.45) is 0 Å². The number of hydrogen-bond acceptors (Lipinski definition) is 4. The van der Waals surface area contributed by atoms with Crippen LogP contribution >= 0.6 is 0 Å². The number of hydrogen-bond donors (Lipinski definition) is 1. The number of carbonyl (C=O) groups is 1. The highest BCUT2D eigenvalue weighted by molar-refractivity contribution is 5.74. The summed E-state index contributed by atoms with van der Waals surface area (Å²) in [6.07, 6.45) is 2.41. The molecule has 0 aliphatic carbocycles. The standard InChI is InChI=1S/C7H7NO3/c1-2-3-6-8-5(4-9)7(10)11-6/h2,4,10H,1,3H2. The van der Waals surface area contributed by atoms with E-state index in [-0.39, 0.29) is 5.69 Å². The molecule has 0 unspecified atom stereocenters. The first-order valence-electron chi connectivity index (χ1n) is 3.02. The molecule has 58 valence electrons. The van der Waals surface area contributed by atoms with E-state index in [1.165, 1.54) is 0 Å². The smallest absolute Gasteiger partial charge is 0.313 e. The Balaban J connectivity index is 2.94. The Hall–Kier alpha value is -1.58. The van der Waals surface area contributed by atoms with Crippen LogP contribution in [0.1, 0.15) is 16.4 Å². The van der Waals surface area contributed by atoms with Crippen LogP contribution in [0.3, 0.4) is 0 Å². The zero-order chi connectivity index (χ0) is 8.27. The Morgan fingerprint density at radius 3 is 2.91 bits per heavy atom. The summed E-state index contributed by atoms with van der Waals surface area (Å²) >= 11 is 0. The fraction of sp³-hybridized carbons (Fsp3) is 0.143. The first-order chi connectivity index (χ1) is 5.27. The highest BCUT2D eigenvalue weighted by Crippen LogP contribution is 2.16. The van der Waals surface area contributed by atoms with Crippen molar-refractivity contribution in [3.05, 3.63) is 24.2 Å². The van der Waals surface area contributed by atoms with E-state index in [1.807, 2.05) is 0 Å². The Labute approximate surface area is 63.2 Å². The van der Waals surface area contributed by atoms with Gasteiger partial charge in [0.15, 0.2) is 12.0 Å². The molecule has 0 saturated heterocycles. The summed E-state index contributed by atoms with van der Waals surface area (Å²) in [4.78, 5) is 13.8. The van der Waals surface area contributed by atoms with Crippen LogP contribution in [0.5, 0.6) is 5.95 Å². The van der Waals surface area contributed by atoms with Gasteiger partial charge in [0.2, 0.25) is 5.89 Å². The van der Waals surface area contributed by atoms with Gasteiger partial charge in [-0.05, 0) is 0 Å². The molecule has 11 heavy (non-hydrogen) atoms. The number of carbonyl (C=O) groups excluding carboxylic acids is 1. The Morgan fingerprint density at radius 2 is 2.45 bits per heavy atom. The molecule has 0 amide bonds. The van der Waals surface area contributed by atoms with Gasteiger partial charge in [0.05, 0.1) is 0 Å². The molecular formula is C7H7NO3. The van der Waals surface area contributed by atoms with Crippen molar-refractivity contribution < 1.29 is 14.3 Å². The second-order valence-electron chi connectivity index (χ2n) is 1.91. The molecule has 0 atom stereocenters. The zero-order valence-corrected chi connectivity index (χ0v) is 5.78. The predicted octanol–water partition coefficient (Wildman–Crippen LogP) is 0.921. The molecular weight excluding hydrogens is 146 g/mol. The number of aromatic nitrogens is 1. The minimum Gasteiger partial charge on any atom is -0.479 e. The minimum atomic E-state index is -0.433. The van der Waals surface area contributed by atoms with Crippen LogP contribution in [0.25, 0.3) is 0 Å². The highest BCUT2D eigenvalue weighted by atomic mass is 16.5. The van der Waals surface area contributed by atoms with Crippen molar-refractivity contribution in [1.29, 1.82) is 0 Å². The number of oxazole rings is 1. The van der Waals surface area contributed by atoms with Crippen LogP contribution < -0.4 is 0 Å². The van der Waals surface area contributed by atoms with Gasteiger partial charge in [-0.2, -0.15) is 0 Å². The summed E-state index contributed by atoms with van der Waals surface area (Å²) in [6, 6.07) is 0. The van der Waals surface area contributed by atoms with E-state index in [1.54, 1.807) is 6.08 Å². The molecule has 0 aliphatic rings. The zero-order valence-electron chi connectivity index (χ0n) is 5.78.